The Morgan fingerprint density at radius 1 is 1.10 bits per heavy atom. The lowest BCUT2D eigenvalue weighted by Crippen LogP contribution is -2.41. The fourth-order valence-electron chi connectivity index (χ4n) is 1.53. The van der Waals surface area contributed by atoms with Crippen molar-refractivity contribution in [3.8, 4) is 0 Å². The van der Waals surface area contributed by atoms with Gasteiger partial charge >= 0.3 is 5.97 Å². The molecule has 0 saturated carbocycles. The standard InChI is InChI=1S/C9H19O8P3/c1-7(2)8(10)17-9(5-19(13)14,6-20(15)16)3-4-18(11)12/h18-20H,1,3-6H2,2H3,(H,11,12)(H,13,14)(H,15,16). The quantitative estimate of drug-likeness (QED) is 0.313. The number of hydrogen-bond acceptors (Lipinski definition) is 5. The molecule has 0 spiro atoms. The molecule has 0 aliphatic carbocycles. The second kappa shape index (κ2) is 8.93. The zero-order chi connectivity index (χ0) is 15.9. The topological polar surface area (TPSA) is 138 Å². The van der Waals surface area contributed by atoms with Crippen LogP contribution in [-0.4, -0.2) is 44.7 Å². The molecule has 0 heterocycles. The summed E-state index contributed by atoms with van der Waals surface area (Å²) in [6, 6.07) is 0. The van der Waals surface area contributed by atoms with Gasteiger partial charge in [-0.25, -0.2) is 4.79 Å². The van der Waals surface area contributed by atoms with E-state index in [1.165, 1.54) is 6.92 Å². The van der Waals surface area contributed by atoms with Crippen LogP contribution in [0.15, 0.2) is 12.2 Å². The third-order valence-corrected chi connectivity index (χ3v) is 4.97. The molecule has 11 heteroatoms. The molecule has 0 aromatic heterocycles. The van der Waals surface area contributed by atoms with Crippen molar-refractivity contribution in [3.63, 3.8) is 0 Å². The molecule has 0 fully saturated rings. The molecule has 3 unspecified atom stereocenters. The van der Waals surface area contributed by atoms with E-state index in [-0.39, 0.29) is 18.2 Å². The van der Waals surface area contributed by atoms with Gasteiger partial charge in [0.05, 0.1) is 12.3 Å². The molecule has 0 saturated heterocycles. The molecule has 0 aromatic rings. The van der Waals surface area contributed by atoms with Gasteiger partial charge in [-0.3, -0.25) is 13.7 Å². The summed E-state index contributed by atoms with van der Waals surface area (Å²) in [5, 5.41) is 0. The molecule has 20 heavy (non-hydrogen) atoms. The first-order valence-corrected chi connectivity index (χ1v) is 10.3. The molecule has 0 bridgehead atoms. The zero-order valence-corrected chi connectivity index (χ0v) is 13.9. The van der Waals surface area contributed by atoms with Crippen molar-refractivity contribution in [1.82, 2.24) is 0 Å². The fraction of sp³-hybridized carbons (Fsp3) is 0.667. The number of carbonyl (C=O) groups is 1. The largest absolute Gasteiger partial charge is 0.455 e. The lowest BCUT2D eigenvalue weighted by Gasteiger charge is -2.31. The SMILES string of the molecule is C=C(C)C(=O)OC(CC[PH](=O)O)(C[PH](=O)O)C[PH](=O)O. The minimum atomic E-state index is -3.12. The fourth-order valence-corrected chi connectivity index (χ4v) is 4.30. The molecule has 3 atom stereocenters. The molecule has 0 aliphatic heterocycles. The van der Waals surface area contributed by atoms with Crippen molar-refractivity contribution >= 4 is 30.1 Å². The van der Waals surface area contributed by atoms with E-state index < -0.39 is 48.0 Å². The highest BCUT2D eigenvalue weighted by Crippen LogP contribution is 2.37. The lowest BCUT2D eigenvalue weighted by atomic mass is 10.1. The van der Waals surface area contributed by atoms with Gasteiger partial charge in [-0.15, -0.1) is 0 Å². The van der Waals surface area contributed by atoms with Crippen LogP contribution in [0.4, 0.5) is 0 Å². The maximum atomic E-state index is 11.6. The summed E-state index contributed by atoms with van der Waals surface area (Å²) in [6.07, 6.45) is -1.60. The van der Waals surface area contributed by atoms with E-state index in [9.17, 15) is 18.5 Å². The minimum Gasteiger partial charge on any atom is -0.455 e. The molecule has 3 N–H and O–H groups in total. The van der Waals surface area contributed by atoms with Gasteiger partial charge in [0.2, 0.25) is 0 Å². The smallest absolute Gasteiger partial charge is 0.333 e. The van der Waals surface area contributed by atoms with E-state index in [0.717, 1.165) is 0 Å². The van der Waals surface area contributed by atoms with Gasteiger partial charge in [0.25, 0.3) is 0 Å². The Labute approximate surface area is 118 Å². The zero-order valence-electron chi connectivity index (χ0n) is 10.9. The summed E-state index contributed by atoms with van der Waals surface area (Å²) in [4.78, 5) is 38.5. The van der Waals surface area contributed by atoms with Crippen molar-refractivity contribution < 1.29 is 37.9 Å². The Hall–Kier alpha value is -0.220. The highest BCUT2D eigenvalue weighted by atomic mass is 31.1. The summed E-state index contributed by atoms with van der Waals surface area (Å²) in [7, 11) is -9.13. The number of ether oxygens (including phenoxy) is 1. The van der Waals surface area contributed by atoms with E-state index in [4.69, 9.17) is 19.4 Å². The minimum absolute atomic E-state index is 0.0150. The lowest BCUT2D eigenvalue weighted by molar-refractivity contribution is -0.150. The molecule has 0 amide bonds. The first kappa shape index (κ1) is 19.8. The first-order chi connectivity index (χ1) is 9.08. The average molecular weight is 348 g/mol. The predicted octanol–water partition coefficient (Wildman–Crippen LogP) is 0.636. The van der Waals surface area contributed by atoms with Gasteiger partial charge in [0.1, 0.15) is 5.60 Å². The van der Waals surface area contributed by atoms with E-state index >= 15 is 0 Å². The number of hydrogen-bond donors (Lipinski definition) is 3. The van der Waals surface area contributed by atoms with Crippen LogP contribution in [-0.2, 0) is 23.2 Å². The summed E-state index contributed by atoms with van der Waals surface area (Å²) in [5.74, 6) is -0.880. The Kier molecular flexibility index (Phi) is 8.83. The summed E-state index contributed by atoms with van der Waals surface area (Å²) in [6.45, 7) is 4.70. The molecule has 0 rings (SSSR count). The Balaban J connectivity index is 5.32. The van der Waals surface area contributed by atoms with Crippen molar-refractivity contribution in [1.29, 1.82) is 0 Å². The summed E-state index contributed by atoms with van der Waals surface area (Å²) < 4.78 is 37.9. The van der Waals surface area contributed by atoms with Crippen LogP contribution in [0.25, 0.3) is 0 Å². The van der Waals surface area contributed by atoms with Crippen molar-refractivity contribution in [3.05, 3.63) is 12.2 Å². The molecule has 0 aliphatic rings. The van der Waals surface area contributed by atoms with Crippen LogP contribution in [0.3, 0.4) is 0 Å². The number of esters is 1. The van der Waals surface area contributed by atoms with Gasteiger partial charge in [-0.2, -0.15) is 0 Å². The molecule has 0 aromatic carbocycles. The van der Waals surface area contributed by atoms with Gasteiger partial charge in [-0.05, 0) is 13.3 Å². The van der Waals surface area contributed by atoms with Crippen LogP contribution in [0.2, 0.25) is 0 Å². The molecule has 0 radical (unpaired) electrons. The van der Waals surface area contributed by atoms with Gasteiger partial charge in [-0.1, -0.05) is 6.58 Å². The van der Waals surface area contributed by atoms with E-state index in [0.29, 0.717) is 0 Å². The monoisotopic (exact) mass is 348 g/mol. The number of rotatable bonds is 9. The summed E-state index contributed by atoms with van der Waals surface area (Å²) >= 11 is 0. The third kappa shape index (κ3) is 8.15. The maximum Gasteiger partial charge on any atom is 0.333 e. The Morgan fingerprint density at radius 3 is 1.85 bits per heavy atom. The summed E-state index contributed by atoms with van der Waals surface area (Å²) in [5.41, 5.74) is -1.68. The average Bonchev–Trinajstić information content (AvgIpc) is 2.24. The van der Waals surface area contributed by atoms with Gasteiger partial charge in [0, 0.05) is 11.7 Å². The Morgan fingerprint density at radius 2 is 1.55 bits per heavy atom. The van der Waals surface area contributed by atoms with E-state index in [1.807, 2.05) is 0 Å². The highest BCUT2D eigenvalue weighted by Gasteiger charge is 2.38. The van der Waals surface area contributed by atoms with Crippen LogP contribution in [0.1, 0.15) is 13.3 Å². The Bertz CT molecular complexity index is 430. The highest BCUT2D eigenvalue weighted by molar-refractivity contribution is 7.39. The van der Waals surface area contributed by atoms with Crippen LogP contribution >= 0.6 is 24.1 Å². The second-order valence-corrected chi connectivity index (χ2v) is 7.96. The van der Waals surface area contributed by atoms with Gasteiger partial charge in [0.15, 0.2) is 24.1 Å². The first-order valence-electron chi connectivity index (χ1n) is 5.62. The molecular formula is C9H19O8P3. The normalized spacial score (nSPS) is 18.6. The third-order valence-electron chi connectivity index (χ3n) is 2.40. The number of carbonyl (C=O) groups excluding carboxylic acids is 1. The van der Waals surface area contributed by atoms with Crippen molar-refractivity contribution in [2.75, 3.05) is 18.5 Å². The van der Waals surface area contributed by atoms with E-state index in [1.54, 1.807) is 0 Å². The maximum absolute atomic E-state index is 11.6. The van der Waals surface area contributed by atoms with Crippen LogP contribution in [0.5, 0.6) is 0 Å². The van der Waals surface area contributed by atoms with Crippen LogP contribution < -0.4 is 0 Å². The van der Waals surface area contributed by atoms with Gasteiger partial charge < -0.3 is 19.4 Å². The van der Waals surface area contributed by atoms with Crippen LogP contribution in [0, 0.1) is 0 Å². The van der Waals surface area contributed by atoms with E-state index in [2.05, 4.69) is 6.58 Å². The molecule has 118 valence electrons. The molecule has 8 nitrogen and oxygen atoms in total. The van der Waals surface area contributed by atoms with Crippen molar-refractivity contribution in [2.24, 2.45) is 0 Å². The van der Waals surface area contributed by atoms with Crippen molar-refractivity contribution in [2.45, 2.75) is 18.9 Å². The second-order valence-electron chi connectivity index (χ2n) is 4.39. The predicted molar refractivity (Wildman–Crippen MR) is 76.5 cm³/mol. The molecular weight excluding hydrogens is 329 g/mol.